The van der Waals surface area contributed by atoms with Gasteiger partial charge >= 0.3 is 5.82 Å². The van der Waals surface area contributed by atoms with Crippen molar-refractivity contribution >= 4 is 23.2 Å². The lowest BCUT2D eigenvalue weighted by molar-refractivity contribution is -0.389. The van der Waals surface area contributed by atoms with Crippen molar-refractivity contribution in [2.75, 3.05) is 31.1 Å². The molecule has 4 rings (SSSR count). The molecule has 132 valence electrons. The van der Waals surface area contributed by atoms with Gasteiger partial charge in [-0.15, -0.1) is 0 Å². The second-order valence-corrected chi connectivity index (χ2v) is 6.09. The topological polar surface area (TPSA) is 84.0 Å². The zero-order valence-corrected chi connectivity index (χ0v) is 14.0. The molecule has 0 bridgehead atoms. The molecular formula is C18H17N5O3. The van der Waals surface area contributed by atoms with Crippen molar-refractivity contribution in [3.05, 3.63) is 70.4 Å². The molecule has 8 heteroatoms. The summed E-state index contributed by atoms with van der Waals surface area (Å²) in [6.07, 6.45) is 1.64. The van der Waals surface area contributed by atoms with Crippen LogP contribution in [0.2, 0.25) is 0 Å². The predicted molar refractivity (Wildman–Crippen MR) is 96.4 cm³/mol. The second kappa shape index (κ2) is 6.47. The van der Waals surface area contributed by atoms with Crippen molar-refractivity contribution in [2.45, 2.75) is 0 Å². The Morgan fingerprint density at radius 2 is 1.69 bits per heavy atom. The minimum Gasteiger partial charge on any atom is -0.358 e. The van der Waals surface area contributed by atoms with Crippen molar-refractivity contribution < 1.29 is 9.72 Å². The average Bonchev–Trinajstić information content (AvgIpc) is 3.08. The molecular weight excluding hydrogens is 334 g/mol. The summed E-state index contributed by atoms with van der Waals surface area (Å²) in [6.45, 7) is 2.00. The van der Waals surface area contributed by atoms with E-state index in [1.807, 2.05) is 23.1 Å². The molecule has 8 nitrogen and oxygen atoms in total. The molecule has 2 aromatic heterocycles. The van der Waals surface area contributed by atoms with Gasteiger partial charge in [-0.3, -0.25) is 4.79 Å². The fourth-order valence-electron chi connectivity index (χ4n) is 3.24. The fourth-order valence-corrected chi connectivity index (χ4v) is 3.24. The number of piperazine rings is 1. The van der Waals surface area contributed by atoms with Gasteiger partial charge < -0.3 is 19.9 Å². The van der Waals surface area contributed by atoms with Crippen LogP contribution in [0.5, 0.6) is 0 Å². The Hall–Kier alpha value is -3.42. The summed E-state index contributed by atoms with van der Waals surface area (Å²) in [6, 6.07) is 14.4. The Bertz CT molecular complexity index is 961. The van der Waals surface area contributed by atoms with E-state index in [1.165, 1.54) is 4.40 Å². The van der Waals surface area contributed by atoms with E-state index in [1.54, 1.807) is 41.4 Å². The molecule has 0 spiro atoms. The first-order chi connectivity index (χ1) is 12.6. The van der Waals surface area contributed by atoms with Crippen molar-refractivity contribution in [3.8, 4) is 0 Å². The second-order valence-electron chi connectivity index (χ2n) is 6.09. The molecule has 0 saturated carbocycles. The summed E-state index contributed by atoms with van der Waals surface area (Å²) in [5.41, 5.74) is 1.19. The molecule has 1 saturated heterocycles. The molecule has 0 aliphatic carbocycles. The number of carbonyl (C=O) groups excluding carboxylic acids is 1. The van der Waals surface area contributed by atoms with Gasteiger partial charge in [-0.05, 0) is 23.1 Å². The number of aromatic nitrogens is 2. The maximum atomic E-state index is 12.5. The number of hydrogen-bond donors (Lipinski definition) is 0. The van der Waals surface area contributed by atoms with Crippen LogP contribution >= 0.6 is 0 Å². The number of rotatable bonds is 3. The standard InChI is InChI=1S/C18H17N5O3/c24-18(14-6-2-1-3-7-14)21-12-10-20(11-13-21)16-17(23(25)26)22-9-5-4-8-15(22)19-16/h1-9H,10-13H2. The molecule has 0 N–H and O–H groups in total. The minimum atomic E-state index is -0.406. The highest BCUT2D eigenvalue weighted by Gasteiger charge is 2.30. The van der Waals surface area contributed by atoms with E-state index in [0.717, 1.165) is 0 Å². The Balaban J connectivity index is 1.55. The molecule has 0 unspecified atom stereocenters. The third-order valence-electron chi connectivity index (χ3n) is 4.55. The van der Waals surface area contributed by atoms with E-state index in [-0.39, 0.29) is 11.7 Å². The number of imidazole rings is 1. The van der Waals surface area contributed by atoms with Crippen LogP contribution in [0, 0.1) is 10.1 Å². The Labute approximate surface area is 149 Å². The number of hydrogen-bond acceptors (Lipinski definition) is 5. The summed E-state index contributed by atoms with van der Waals surface area (Å²) in [5, 5.41) is 11.6. The zero-order chi connectivity index (χ0) is 18.1. The Morgan fingerprint density at radius 3 is 2.38 bits per heavy atom. The maximum Gasteiger partial charge on any atom is 0.372 e. The number of pyridine rings is 1. The minimum absolute atomic E-state index is 0.0187. The molecule has 3 heterocycles. The van der Waals surface area contributed by atoms with Crippen LogP contribution in [0.3, 0.4) is 0 Å². The quantitative estimate of drug-likeness (QED) is 0.533. The van der Waals surface area contributed by atoms with Crippen molar-refractivity contribution in [1.29, 1.82) is 0 Å². The SMILES string of the molecule is O=C(c1ccccc1)N1CCN(c2nc3ccccn3c2[N+](=O)[O-])CC1. The van der Waals surface area contributed by atoms with Gasteiger partial charge in [-0.1, -0.05) is 24.3 Å². The zero-order valence-electron chi connectivity index (χ0n) is 14.0. The highest BCUT2D eigenvalue weighted by molar-refractivity contribution is 5.94. The summed E-state index contributed by atoms with van der Waals surface area (Å²) < 4.78 is 1.48. The van der Waals surface area contributed by atoms with Crippen molar-refractivity contribution in [3.63, 3.8) is 0 Å². The number of fused-ring (bicyclic) bond motifs is 1. The molecule has 1 aliphatic rings. The molecule has 1 aliphatic heterocycles. The van der Waals surface area contributed by atoms with Crippen LogP contribution in [-0.4, -0.2) is 51.3 Å². The largest absolute Gasteiger partial charge is 0.372 e. The molecule has 0 atom stereocenters. The van der Waals surface area contributed by atoms with E-state index in [9.17, 15) is 14.9 Å². The molecule has 3 aromatic rings. The summed E-state index contributed by atoms with van der Waals surface area (Å²) >= 11 is 0. The molecule has 0 radical (unpaired) electrons. The van der Waals surface area contributed by atoms with E-state index in [2.05, 4.69) is 4.98 Å². The van der Waals surface area contributed by atoms with E-state index >= 15 is 0 Å². The highest BCUT2D eigenvalue weighted by Crippen LogP contribution is 2.29. The summed E-state index contributed by atoms with van der Waals surface area (Å²) in [7, 11) is 0. The molecule has 1 fully saturated rings. The van der Waals surface area contributed by atoms with Crippen LogP contribution in [0.4, 0.5) is 11.6 Å². The van der Waals surface area contributed by atoms with E-state index < -0.39 is 4.92 Å². The number of nitro groups is 1. The van der Waals surface area contributed by atoms with Gasteiger partial charge in [0.25, 0.3) is 5.91 Å². The molecule has 1 aromatic carbocycles. The van der Waals surface area contributed by atoms with Gasteiger partial charge in [0.2, 0.25) is 11.5 Å². The highest BCUT2D eigenvalue weighted by atomic mass is 16.6. The van der Waals surface area contributed by atoms with Crippen LogP contribution in [0.25, 0.3) is 5.65 Å². The number of benzene rings is 1. The van der Waals surface area contributed by atoms with Crippen molar-refractivity contribution in [2.24, 2.45) is 0 Å². The average molecular weight is 351 g/mol. The Kier molecular flexibility index (Phi) is 4.00. The van der Waals surface area contributed by atoms with E-state index in [4.69, 9.17) is 0 Å². The van der Waals surface area contributed by atoms with Crippen LogP contribution < -0.4 is 4.90 Å². The number of anilines is 1. The molecule has 1 amide bonds. The van der Waals surface area contributed by atoms with Gasteiger partial charge in [0.05, 0.1) is 6.20 Å². The van der Waals surface area contributed by atoms with Gasteiger partial charge in [-0.25, -0.2) is 0 Å². The summed E-state index contributed by atoms with van der Waals surface area (Å²) in [4.78, 5) is 31.8. The lowest BCUT2D eigenvalue weighted by Gasteiger charge is -2.34. The number of amides is 1. The van der Waals surface area contributed by atoms with Gasteiger partial charge in [-0.2, -0.15) is 9.38 Å². The number of nitrogens with zero attached hydrogens (tertiary/aromatic N) is 5. The van der Waals surface area contributed by atoms with Gasteiger partial charge in [0.15, 0.2) is 0 Å². The van der Waals surface area contributed by atoms with Crippen LogP contribution in [0.15, 0.2) is 54.7 Å². The first-order valence-corrected chi connectivity index (χ1v) is 8.36. The fraction of sp³-hybridized carbons (Fsp3) is 0.222. The first-order valence-electron chi connectivity index (χ1n) is 8.36. The first kappa shape index (κ1) is 16.1. The molecule has 26 heavy (non-hydrogen) atoms. The van der Waals surface area contributed by atoms with Crippen LogP contribution in [0.1, 0.15) is 10.4 Å². The van der Waals surface area contributed by atoms with Crippen molar-refractivity contribution in [1.82, 2.24) is 14.3 Å². The van der Waals surface area contributed by atoms with E-state index in [0.29, 0.717) is 43.2 Å². The normalized spacial score (nSPS) is 14.6. The predicted octanol–water partition coefficient (Wildman–Crippen LogP) is 2.20. The number of carbonyl (C=O) groups is 1. The lowest BCUT2D eigenvalue weighted by Crippen LogP contribution is -2.49. The lowest BCUT2D eigenvalue weighted by atomic mass is 10.2. The third-order valence-corrected chi connectivity index (χ3v) is 4.55. The maximum absolute atomic E-state index is 12.5. The van der Waals surface area contributed by atoms with Gasteiger partial charge in [0.1, 0.15) is 0 Å². The van der Waals surface area contributed by atoms with Gasteiger partial charge in [0, 0.05) is 37.8 Å². The Morgan fingerprint density at radius 1 is 1.00 bits per heavy atom. The smallest absolute Gasteiger partial charge is 0.358 e. The summed E-state index contributed by atoms with van der Waals surface area (Å²) in [5.74, 6) is 0.297. The third kappa shape index (κ3) is 2.75. The monoisotopic (exact) mass is 351 g/mol. The van der Waals surface area contributed by atoms with Crippen LogP contribution in [-0.2, 0) is 0 Å².